The van der Waals surface area contributed by atoms with Gasteiger partial charge < -0.3 is 5.32 Å². The average molecular weight is 224 g/mol. The van der Waals surface area contributed by atoms with E-state index < -0.39 is 0 Å². The van der Waals surface area contributed by atoms with Crippen molar-refractivity contribution in [2.45, 2.75) is 39.2 Å². The normalized spacial score (nSPS) is 20.9. The Labute approximate surface area is 96.8 Å². The smallest absolute Gasteiger partial charge is 0.0440 e. The third kappa shape index (κ3) is 2.53. The number of rotatable bonds is 2. The van der Waals surface area contributed by atoms with Gasteiger partial charge in [0.25, 0.3) is 0 Å². The summed E-state index contributed by atoms with van der Waals surface area (Å²) in [6.45, 7) is 5.38. The molecule has 0 aromatic heterocycles. The topological polar surface area (TPSA) is 12.0 Å². The van der Waals surface area contributed by atoms with E-state index >= 15 is 0 Å². The molecule has 0 spiro atoms. The highest BCUT2D eigenvalue weighted by Crippen LogP contribution is 2.23. The number of aryl methyl sites for hydroxylation is 1. The Balaban J connectivity index is 2.14. The first-order valence-electron chi connectivity index (χ1n) is 5.66. The van der Waals surface area contributed by atoms with Crippen molar-refractivity contribution in [3.8, 4) is 0 Å². The molecule has 1 unspecified atom stereocenters. The molecule has 1 atom stereocenters. The van der Waals surface area contributed by atoms with Gasteiger partial charge in [-0.3, -0.25) is 0 Å². The molecule has 2 rings (SSSR count). The summed E-state index contributed by atoms with van der Waals surface area (Å²) in [5.74, 6) is 0. The molecule has 1 aromatic carbocycles. The van der Waals surface area contributed by atoms with Crippen LogP contribution >= 0.6 is 11.6 Å². The first-order valence-corrected chi connectivity index (χ1v) is 6.03. The molecular formula is C13H18ClN. The van der Waals surface area contributed by atoms with Crippen molar-refractivity contribution in [1.82, 2.24) is 5.32 Å². The lowest BCUT2D eigenvalue weighted by Crippen LogP contribution is -2.23. The van der Waals surface area contributed by atoms with E-state index in [2.05, 4.69) is 31.3 Å². The standard InChI is InChI=1S/C13H18ClN/c1-9-6-11(8-13(14)10(9)2)7-12-4-3-5-15-12/h6,8,12,15H,3-5,7H2,1-2H3. The van der Waals surface area contributed by atoms with Crippen molar-refractivity contribution in [2.75, 3.05) is 6.54 Å². The van der Waals surface area contributed by atoms with Crippen LogP contribution in [-0.2, 0) is 6.42 Å². The summed E-state index contributed by atoms with van der Waals surface area (Å²) < 4.78 is 0. The molecule has 0 amide bonds. The molecule has 1 aliphatic heterocycles. The maximum atomic E-state index is 6.18. The molecule has 1 fully saturated rings. The zero-order valence-electron chi connectivity index (χ0n) is 9.44. The van der Waals surface area contributed by atoms with E-state index in [0.717, 1.165) is 11.4 Å². The largest absolute Gasteiger partial charge is 0.314 e. The fourth-order valence-electron chi connectivity index (χ4n) is 2.22. The molecule has 15 heavy (non-hydrogen) atoms. The Morgan fingerprint density at radius 1 is 1.40 bits per heavy atom. The van der Waals surface area contributed by atoms with Crippen LogP contribution in [0.15, 0.2) is 12.1 Å². The SMILES string of the molecule is Cc1cc(CC2CCCN2)cc(Cl)c1C. The lowest BCUT2D eigenvalue weighted by Gasteiger charge is -2.12. The molecule has 1 aromatic rings. The summed E-state index contributed by atoms with van der Waals surface area (Å²) in [6.07, 6.45) is 3.72. The van der Waals surface area contributed by atoms with E-state index in [1.54, 1.807) is 0 Å². The molecular weight excluding hydrogens is 206 g/mol. The number of halogens is 1. The summed E-state index contributed by atoms with van der Waals surface area (Å²) in [5, 5.41) is 4.42. The van der Waals surface area contributed by atoms with Gasteiger partial charge in [-0.1, -0.05) is 17.7 Å². The molecule has 82 valence electrons. The van der Waals surface area contributed by atoms with Crippen molar-refractivity contribution in [3.63, 3.8) is 0 Å². The Morgan fingerprint density at radius 2 is 2.20 bits per heavy atom. The minimum atomic E-state index is 0.656. The average Bonchev–Trinajstić information content (AvgIpc) is 2.66. The van der Waals surface area contributed by atoms with Gasteiger partial charge in [-0.15, -0.1) is 0 Å². The van der Waals surface area contributed by atoms with E-state index in [1.807, 2.05) is 0 Å². The summed E-state index contributed by atoms with van der Waals surface area (Å²) in [7, 11) is 0. The van der Waals surface area contributed by atoms with Crippen LogP contribution in [0, 0.1) is 13.8 Å². The first-order chi connectivity index (χ1) is 7.16. The van der Waals surface area contributed by atoms with Crippen LogP contribution in [0.4, 0.5) is 0 Å². The molecule has 0 aliphatic carbocycles. The number of benzene rings is 1. The molecule has 2 heteroatoms. The molecule has 1 aliphatic rings. The predicted octanol–water partition coefficient (Wildman–Crippen LogP) is 3.25. The van der Waals surface area contributed by atoms with Gasteiger partial charge in [0.1, 0.15) is 0 Å². The monoisotopic (exact) mass is 223 g/mol. The van der Waals surface area contributed by atoms with Gasteiger partial charge in [0.05, 0.1) is 0 Å². The molecule has 0 bridgehead atoms. The van der Waals surface area contributed by atoms with Gasteiger partial charge in [0.15, 0.2) is 0 Å². The minimum absolute atomic E-state index is 0.656. The maximum absolute atomic E-state index is 6.18. The van der Waals surface area contributed by atoms with Crippen LogP contribution in [-0.4, -0.2) is 12.6 Å². The molecule has 1 nitrogen and oxygen atoms in total. The Bertz CT molecular complexity index is 331. The number of hydrogen-bond donors (Lipinski definition) is 1. The second-order valence-electron chi connectivity index (χ2n) is 4.52. The third-order valence-corrected chi connectivity index (χ3v) is 3.70. The van der Waals surface area contributed by atoms with Crippen LogP contribution in [0.5, 0.6) is 0 Å². The quantitative estimate of drug-likeness (QED) is 0.812. The second kappa shape index (κ2) is 4.54. The van der Waals surface area contributed by atoms with Crippen molar-refractivity contribution in [2.24, 2.45) is 0 Å². The maximum Gasteiger partial charge on any atom is 0.0440 e. The zero-order valence-corrected chi connectivity index (χ0v) is 10.2. The van der Waals surface area contributed by atoms with Crippen molar-refractivity contribution in [1.29, 1.82) is 0 Å². The fourth-order valence-corrected chi connectivity index (χ4v) is 2.51. The predicted molar refractivity (Wildman–Crippen MR) is 65.7 cm³/mol. The van der Waals surface area contributed by atoms with E-state index in [1.165, 1.54) is 36.1 Å². The van der Waals surface area contributed by atoms with Crippen molar-refractivity contribution in [3.05, 3.63) is 33.8 Å². The van der Waals surface area contributed by atoms with Crippen LogP contribution in [0.25, 0.3) is 0 Å². The summed E-state index contributed by atoms with van der Waals surface area (Å²) in [6, 6.07) is 5.04. The molecule has 1 saturated heterocycles. The molecule has 0 saturated carbocycles. The zero-order chi connectivity index (χ0) is 10.8. The number of hydrogen-bond acceptors (Lipinski definition) is 1. The van der Waals surface area contributed by atoms with Crippen LogP contribution < -0.4 is 5.32 Å². The van der Waals surface area contributed by atoms with Crippen molar-refractivity contribution < 1.29 is 0 Å². The summed E-state index contributed by atoms with van der Waals surface area (Å²) in [5.41, 5.74) is 3.87. The van der Waals surface area contributed by atoms with Crippen LogP contribution in [0.2, 0.25) is 5.02 Å². The van der Waals surface area contributed by atoms with Gasteiger partial charge in [0, 0.05) is 11.1 Å². The van der Waals surface area contributed by atoms with Gasteiger partial charge >= 0.3 is 0 Å². The van der Waals surface area contributed by atoms with Gasteiger partial charge in [-0.2, -0.15) is 0 Å². The minimum Gasteiger partial charge on any atom is -0.314 e. The van der Waals surface area contributed by atoms with E-state index in [4.69, 9.17) is 11.6 Å². The van der Waals surface area contributed by atoms with Crippen LogP contribution in [0.3, 0.4) is 0 Å². The number of nitrogens with one attached hydrogen (secondary N) is 1. The van der Waals surface area contributed by atoms with Gasteiger partial charge in [0.2, 0.25) is 0 Å². The van der Waals surface area contributed by atoms with E-state index in [9.17, 15) is 0 Å². The first kappa shape index (κ1) is 11.0. The highest BCUT2D eigenvalue weighted by molar-refractivity contribution is 6.31. The summed E-state index contributed by atoms with van der Waals surface area (Å²) in [4.78, 5) is 0. The second-order valence-corrected chi connectivity index (χ2v) is 4.92. The van der Waals surface area contributed by atoms with Gasteiger partial charge in [-0.25, -0.2) is 0 Å². The molecule has 0 radical (unpaired) electrons. The Hall–Kier alpha value is -0.530. The third-order valence-electron chi connectivity index (χ3n) is 3.31. The molecule has 1 N–H and O–H groups in total. The van der Waals surface area contributed by atoms with E-state index in [-0.39, 0.29) is 0 Å². The highest BCUT2D eigenvalue weighted by atomic mass is 35.5. The van der Waals surface area contributed by atoms with Gasteiger partial charge in [-0.05, 0) is 62.4 Å². The lowest BCUT2D eigenvalue weighted by molar-refractivity contribution is 0.603. The summed E-state index contributed by atoms with van der Waals surface area (Å²) >= 11 is 6.18. The van der Waals surface area contributed by atoms with Crippen molar-refractivity contribution >= 4 is 11.6 Å². The fraction of sp³-hybridized carbons (Fsp3) is 0.538. The van der Waals surface area contributed by atoms with Crippen LogP contribution in [0.1, 0.15) is 29.5 Å². The lowest BCUT2D eigenvalue weighted by atomic mass is 10.00. The van der Waals surface area contributed by atoms with E-state index in [0.29, 0.717) is 6.04 Å². The Kier molecular flexibility index (Phi) is 3.32. The Morgan fingerprint density at radius 3 is 2.80 bits per heavy atom. The molecule has 1 heterocycles. The highest BCUT2D eigenvalue weighted by Gasteiger charge is 2.15.